The Balaban J connectivity index is -0.0000000417. The second-order valence-electron chi connectivity index (χ2n) is 0.925. The van der Waals surface area contributed by atoms with Gasteiger partial charge in [0.15, 0.2) is 0 Å². The van der Waals surface area contributed by atoms with Crippen LogP contribution in [0.3, 0.4) is 0 Å². The maximum atomic E-state index is 9.82. The maximum absolute atomic E-state index is 9.82. The van der Waals surface area contributed by atoms with Gasteiger partial charge in [0.1, 0.15) is 0 Å². The number of hydrogen-bond donors (Lipinski definition) is 0. The van der Waals surface area contributed by atoms with Crippen molar-refractivity contribution < 1.29 is 41.9 Å². The Labute approximate surface area is 68.5 Å². The Morgan fingerprint density at radius 2 is 2.43 bits per heavy atom. The monoisotopic (exact) mass is 113 g/mol. The van der Waals surface area contributed by atoms with Crippen LogP contribution in [0.1, 0.15) is 16.7 Å². The molecule has 3 heteroatoms. The smallest absolute Gasteiger partial charge is 1.00 e. The van der Waals surface area contributed by atoms with E-state index in [0.29, 0.717) is 6.61 Å². The summed E-state index contributed by atoms with van der Waals surface area (Å²) < 4.78 is 4.40. The second-order valence-corrected chi connectivity index (χ2v) is 0.925. The van der Waals surface area contributed by atoms with Gasteiger partial charge < -0.3 is 6.16 Å². The van der Waals surface area contributed by atoms with Crippen molar-refractivity contribution in [1.82, 2.24) is 0 Å². The summed E-state index contributed by atoms with van der Waals surface area (Å²) in [6, 6.07) is 0. The first-order chi connectivity index (χ1) is 2.77. The third kappa shape index (κ3) is 10.7. The summed E-state index contributed by atoms with van der Waals surface area (Å²) >= 11 is 0. The van der Waals surface area contributed by atoms with E-state index in [4.69, 9.17) is 0 Å². The van der Waals surface area contributed by atoms with Crippen LogP contribution in [0.2, 0.25) is 0 Å². The van der Waals surface area contributed by atoms with Gasteiger partial charge >= 0.3 is 37.0 Å². The molecule has 0 aliphatic heterocycles. The van der Waals surface area contributed by atoms with Gasteiger partial charge in [0.25, 0.3) is 0 Å². The zero-order valence-electron chi connectivity index (χ0n) is 7.02. The van der Waals surface area contributed by atoms with Crippen LogP contribution in [0, 0.1) is 0 Å². The average molecular weight is 113 g/mol. The van der Waals surface area contributed by atoms with Gasteiger partial charge in [0.2, 0.25) is 0 Å². The summed E-state index contributed by atoms with van der Waals surface area (Å²) in [5.74, 6) is -0.211. The van der Waals surface area contributed by atoms with Crippen LogP contribution >= 0.6 is 0 Å². The normalized spacial score (nSPS) is 6.57. The maximum Gasteiger partial charge on any atom is 1.00 e. The number of carbonyl (C=O) groups excluding carboxylic acids is 1. The van der Waals surface area contributed by atoms with E-state index in [1.165, 1.54) is 6.92 Å². The van der Waals surface area contributed by atoms with Crippen molar-refractivity contribution in [3.63, 3.8) is 0 Å². The molecule has 7 heavy (non-hydrogen) atoms. The van der Waals surface area contributed by atoms with E-state index in [-0.39, 0.29) is 38.4 Å². The van der Waals surface area contributed by atoms with E-state index in [9.17, 15) is 4.79 Å². The molecule has 38 valence electrons. The zero-order valence-corrected chi connectivity index (χ0v) is 7.02. The number of ether oxygens (including phenoxy) is 1. The molecule has 2 nitrogen and oxygen atoms in total. The molecule has 0 bridgehead atoms. The molecule has 0 fully saturated rings. The van der Waals surface area contributed by atoms with Crippen LogP contribution in [0.25, 0.3) is 0 Å². The van der Waals surface area contributed by atoms with Crippen LogP contribution in [0.5, 0.6) is 0 Å². The molecule has 0 aromatic heterocycles. The van der Waals surface area contributed by atoms with E-state index < -0.39 is 0 Å². The summed E-state index contributed by atoms with van der Waals surface area (Å²) in [4.78, 5) is 9.82. The molecule has 0 atom stereocenters. The minimum Gasteiger partial charge on any atom is -1.00 e. The summed E-state index contributed by atoms with van der Waals surface area (Å²) in [6.45, 7) is 3.65. The molecule has 0 aromatic carbocycles. The van der Waals surface area contributed by atoms with Gasteiger partial charge in [0, 0.05) is 6.92 Å². The fourth-order valence-corrected chi connectivity index (χ4v) is 0.203. The van der Waals surface area contributed by atoms with Crippen molar-refractivity contribution >= 4 is 5.97 Å². The van der Waals surface area contributed by atoms with E-state index in [1.807, 2.05) is 0 Å². The van der Waals surface area contributed by atoms with Gasteiger partial charge in [0.05, 0.1) is 6.61 Å². The fourth-order valence-electron chi connectivity index (χ4n) is 0.203. The third-order valence-electron chi connectivity index (χ3n) is 0.348. The van der Waals surface area contributed by atoms with Gasteiger partial charge in [-0.25, -0.2) is 0 Å². The predicted molar refractivity (Wildman–Crippen MR) is 24.5 cm³/mol. The molecule has 0 N–H and O–H groups in total. The van der Waals surface area contributed by atoms with Crippen molar-refractivity contribution in [3.8, 4) is 0 Å². The molecule has 0 radical (unpaired) electrons. The summed E-state index contributed by atoms with van der Waals surface area (Å²) in [5.41, 5.74) is 0. The van der Waals surface area contributed by atoms with Crippen LogP contribution in [0.4, 0.5) is 0 Å². The largest absolute Gasteiger partial charge is 1.00 e. The van der Waals surface area contributed by atoms with E-state index in [2.05, 4.69) is 4.74 Å². The fraction of sp³-hybridized carbons (Fsp3) is 0.750. The van der Waals surface area contributed by atoms with Gasteiger partial charge in [-0.1, -0.05) is 0 Å². The minimum absolute atomic E-state index is 0. The molecule has 0 heterocycles. The quantitative estimate of drug-likeness (QED) is 0.285. The Bertz CT molecular complexity index is 60.5. The van der Waals surface area contributed by atoms with Crippen molar-refractivity contribution in [2.75, 3.05) is 6.61 Å². The van der Waals surface area contributed by atoms with Gasteiger partial charge in [-0.05, 0) is 6.92 Å². The average Bonchev–Trinajstić information content (AvgIpc) is 1.35. The van der Waals surface area contributed by atoms with Crippen molar-refractivity contribution in [2.24, 2.45) is 0 Å². The molecule has 0 aromatic rings. The summed E-state index contributed by atoms with van der Waals surface area (Å²) in [7, 11) is 0. The number of hydrogen-bond acceptors (Lipinski definition) is 2. The van der Waals surface area contributed by atoms with Crippen LogP contribution in [0.15, 0.2) is 0 Å². The summed E-state index contributed by atoms with van der Waals surface area (Å²) in [5, 5.41) is 0. The zero-order chi connectivity index (χ0) is 4.99. The molecule has 0 amide bonds. The number of rotatable bonds is 1. The van der Waals surface area contributed by atoms with Gasteiger partial charge in [-0.3, -0.25) is 4.79 Å². The SMILES string of the molecule is CCOC(C)=O.[H+].[H-].[Na+]. The number of carbonyl (C=O) groups is 1. The molecule has 0 rings (SSSR count). The molecule has 0 spiro atoms. The van der Waals surface area contributed by atoms with Gasteiger partial charge in [-0.15, -0.1) is 0 Å². The molecule has 0 aliphatic carbocycles. The first kappa shape index (κ1) is 10.5. The second kappa shape index (κ2) is 6.47. The van der Waals surface area contributed by atoms with Crippen LogP contribution in [-0.2, 0) is 9.53 Å². The Kier molecular flexibility index (Phi) is 9.66. The molecule has 0 unspecified atom stereocenters. The predicted octanol–water partition coefficient (Wildman–Crippen LogP) is -2.20. The molecular formula is C4H10NaO2+. The minimum atomic E-state index is -0.211. The Hall–Kier alpha value is 0.470. The van der Waals surface area contributed by atoms with E-state index >= 15 is 0 Å². The number of esters is 1. The van der Waals surface area contributed by atoms with Crippen molar-refractivity contribution in [1.29, 1.82) is 0 Å². The molecule has 0 saturated carbocycles. The van der Waals surface area contributed by atoms with Crippen molar-refractivity contribution in [2.45, 2.75) is 13.8 Å². The first-order valence-corrected chi connectivity index (χ1v) is 1.90. The van der Waals surface area contributed by atoms with Crippen LogP contribution in [-0.4, -0.2) is 12.6 Å². The molecule has 0 aliphatic rings. The van der Waals surface area contributed by atoms with E-state index in [0.717, 1.165) is 0 Å². The van der Waals surface area contributed by atoms with Crippen LogP contribution < -0.4 is 29.6 Å². The standard InChI is InChI=1S/C4H8O2.Na.H/c1-3-6-4(2)5;;/h3H2,1-2H3;;/q;+1;-1/p+1. The third-order valence-corrected chi connectivity index (χ3v) is 0.348. The van der Waals surface area contributed by atoms with Crippen molar-refractivity contribution in [3.05, 3.63) is 0 Å². The van der Waals surface area contributed by atoms with E-state index in [1.54, 1.807) is 6.92 Å². The Morgan fingerprint density at radius 1 is 2.00 bits per heavy atom. The molecule has 0 saturated heterocycles. The summed E-state index contributed by atoms with van der Waals surface area (Å²) in [6.07, 6.45) is 0. The Morgan fingerprint density at radius 3 is 2.43 bits per heavy atom. The van der Waals surface area contributed by atoms with Gasteiger partial charge in [-0.2, -0.15) is 0 Å². The topological polar surface area (TPSA) is 26.3 Å². The molecular weight excluding hydrogens is 103 g/mol. The first-order valence-electron chi connectivity index (χ1n) is 1.90.